The van der Waals surface area contributed by atoms with Crippen molar-refractivity contribution in [2.24, 2.45) is 16.7 Å². The summed E-state index contributed by atoms with van der Waals surface area (Å²) >= 11 is 0. The van der Waals surface area contributed by atoms with E-state index < -0.39 is 5.91 Å². The number of nitrogens with two attached hydrogens (primary N) is 2. The van der Waals surface area contributed by atoms with E-state index in [9.17, 15) is 9.59 Å². The molecule has 0 saturated carbocycles. The summed E-state index contributed by atoms with van der Waals surface area (Å²) in [6.07, 6.45) is 0.0827. The Morgan fingerprint density at radius 2 is 1.93 bits per heavy atom. The highest BCUT2D eigenvalue weighted by Gasteiger charge is 2.33. The van der Waals surface area contributed by atoms with Crippen LogP contribution in [0.4, 0.5) is 0 Å². The van der Waals surface area contributed by atoms with Gasteiger partial charge in [0.05, 0.1) is 13.1 Å². The third-order valence-electron chi connectivity index (χ3n) is 4.21. The van der Waals surface area contributed by atoms with Crippen molar-refractivity contribution in [3.05, 3.63) is 29.8 Å². The van der Waals surface area contributed by atoms with E-state index in [0.29, 0.717) is 13.1 Å². The molecular formula is C18H28N6O3. The lowest BCUT2D eigenvalue weighted by atomic mass is 9.86. The molecule has 2 rings (SSSR count). The first-order valence-electron chi connectivity index (χ1n) is 8.83. The molecule has 0 unspecified atom stereocenters. The average Bonchev–Trinajstić information content (AvgIpc) is 2.55. The van der Waals surface area contributed by atoms with Crippen LogP contribution >= 0.6 is 0 Å². The van der Waals surface area contributed by atoms with Crippen LogP contribution in [0.2, 0.25) is 0 Å². The quantitative estimate of drug-likeness (QED) is 0.242. The molecule has 0 aliphatic carbocycles. The van der Waals surface area contributed by atoms with Gasteiger partial charge in [-0.2, -0.15) is 0 Å². The molecule has 1 aliphatic heterocycles. The Morgan fingerprint density at radius 3 is 2.56 bits per heavy atom. The van der Waals surface area contributed by atoms with Gasteiger partial charge in [0, 0.05) is 12.8 Å². The minimum atomic E-state index is -0.396. The lowest BCUT2D eigenvalue weighted by Gasteiger charge is -2.40. The maximum Gasteiger partial charge on any atom is 0.227 e. The molecular weight excluding hydrogens is 348 g/mol. The lowest BCUT2D eigenvalue weighted by Crippen LogP contribution is -2.56. The highest BCUT2D eigenvalue weighted by atomic mass is 16.5. The average molecular weight is 376 g/mol. The van der Waals surface area contributed by atoms with E-state index in [1.807, 2.05) is 23.7 Å². The Kier molecular flexibility index (Phi) is 6.62. The second-order valence-corrected chi connectivity index (χ2v) is 7.46. The highest BCUT2D eigenvalue weighted by molar-refractivity contribution is 5.97. The van der Waals surface area contributed by atoms with Crippen LogP contribution in [0.15, 0.2) is 29.4 Å². The number of hydrazine groups is 1. The van der Waals surface area contributed by atoms with Gasteiger partial charge in [0.25, 0.3) is 0 Å². The summed E-state index contributed by atoms with van der Waals surface area (Å²) < 4.78 is 6.07. The molecule has 9 nitrogen and oxygen atoms in total. The Morgan fingerprint density at radius 1 is 1.26 bits per heavy atom. The molecule has 1 saturated heterocycles. The maximum absolute atomic E-state index is 12.2. The van der Waals surface area contributed by atoms with Crippen LogP contribution in [0.1, 0.15) is 39.2 Å². The highest BCUT2D eigenvalue weighted by Crippen LogP contribution is 2.32. The third-order valence-corrected chi connectivity index (χ3v) is 4.21. The van der Waals surface area contributed by atoms with Crippen molar-refractivity contribution in [1.29, 1.82) is 0 Å². The standard InChI is InChI=1S/C18H28N6O3/c1-18(2,3)13-6-4-5-7-14(13)27-12-10-24(11-12)16(26)9-8-15(25)21-17(19)22-23-20/h4-7,12,23H,8-11,20H2,1-3H3,(H3,19,21,22,25). The normalized spacial score (nSPS) is 15.1. The summed E-state index contributed by atoms with van der Waals surface area (Å²) in [4.78, 5) is 25.5. The number of nitrogens with one attached hydrogen (secondary N) is 2. The SMILES string of the molecule is CC(C)(C)c1ccccc1OC1CN(C(=O)CCC(=O)N/C(N)=N/NN)C1. The molecule has 0 aromatic heterocycles. The van der Waals surface area contributed by atoms with Crippen LogP contribution in [-0.4, -0.2) is 41.9 Å². The van der Waals surface area contributed by atoms with Crippen LogP contribution in [0.25, 0.3) is 0 Å². The van der Waals surface area contributed by atoms with E-state index in [1.54, 1.807) is 4.90 Å². The fourth-order valence-electron chi connectivity index (χ4n) is 2.77. The first kappa shape index (κ1) is 20.5. The number of hydrogen-bond donors (Lipinski definition) is 4. The Balaban J connectivity index is 1.77. The van der Waals surface area contributed by atoms with Gasteiger partial charge in [0.2, 0.25) is 17.8 Å². The third kappa shape index (κ3) is 5.85. The molecule has 1 aromatic rings. The predicted molar refractivity (Wildman–Crippen MR) is 102 cm³/mol. The van der Waals surface area contributed by atoms with Gasteiger partial charge < -0.3 is 15.4 Å². The number of carbonyl (C=O) groups is 2. The molecule has 0 bridgehead atoms. The van der Waals surface area contributed by atoms with E-state index >= 15 is 0 Å². The minimum absolute atomic E-state index is 0.0201. The largest absolute Gasteiger partial charge is 0.486 e. The van der Waals surface area contributed by atoms with E-state index in [4.69, 9.17) is 16.3 Å². The van der Waals surface area contributed by atoms with Crippen LogP contribution in [0.5, 0.6) is 5.75 Å². The molecule has 148 valence electrons. The van der Waals surface area contributed by atoms with Crippen LogP contribution in [-0.2, 0) is 15.0 Å². The van der Waals surface area contributed by atoms with E-state index in [2.05, 4.69) is 37.3 Å². The molecule has 9 heteroatoms. The van der Waals surface area contributed by atoms with Crippen LogP contribution in [0, 0.1) is 0 Å². The maximum atomic E-state index is 12.2. The minimum Gasteiger partial charge on any atom is -0.486 e. The molecule has 1 fully saturated rings. The van der Waals surface area contributed by atoms with Gasteiger partial charge in [-0.3, -0.25) is 14.9 Å². The summed E-state index contributed by atoms with van der Waals surface area (Å²) in [5, 5.41) is 5.73. The number of hydrogen-bond acceptors (Lipinski definition) is 6. The molecule has 2 amide bonds. The second-order valence-electron chi connectivity index (χ2n) is 7.46. The number of benzene rings is 1. The molecule has 6 N–H and O–H groups in total. The summed E-state index contributed by atoms with van der Waals surface area (Å²) in [7, 11) is 0. The molecule has 27 heavy (non-hydrogen) atoms. The van der Waals surface area contributed by atoms with Gasteiger partial charge in [0.1, 0.15) is 11.9 Å². The van der Waals surface area contributed by atoms with Crippen molar-refractivity contribution < 1.29 is 14.3 Å². The Hall–Kier alpha value is -2.81. The van der Waals surface area contributed by atoms with Gasteiger partial charge in [-0.1, -0.05) is 39.0 Å². The van der Waals surface area contributed by atoms with E-state index in [0.717, 1.165) is 11.3 Å². The second kappa shape index (κ2) is 8.72. The zero-order valence-corrected chi connectivity index (χ0v) is 16.0. The first-order valence-corrected chi connectivity index (χ1v) is 8.83. The number of amides is 2. The van der Waals surface area contributed by atoms with Gasteiger partial charge in [-0.25, -0.2) is 11.4 Å². The zero-order chi connectivity index (χ0) is 20.0. The summed E-state index contributed by atoms with van der Waals surface area (Å²) in [5.74, 6) is 5.16. The molecule has 1 heterocycles. The topological polar surface area (TPSA) is 135 Å². The summed E-state index contributed by atoms with van der Waals surface area (Å²) in [6, 6.07) is 7.96. The van der Waals surface area contributed by atoms with Crippen molar-refractivity contribution in [3.63, 3.8) is 0 Å². The summed E-state index contributed by atoms with van der Waals surface area (Å²) in [6.45, 7) is 7.44. The van der Waals surface area contributed by atoms with Crippen molar-refractivity contribution >= 4 is 17.8 Å². The van der Waals surface area contributed by atoms with Crippen molar-refractivity contribution in [2.75, 3.05) is 13.1 Å². The number of carbonyl (C=O) groups excluding carboxylic acids is 2. The Bertz CT molecular complexity index is 707. The lowest BCUT2D eigenvalue weighted by molar-refractivity contribution is -0.141. The number of ether oxygens (including phenoxy) is 1. The van der Waals surface area contributed by atoms with Gasteiger partial charge in [-0.05, 0) is 17.0 Å². The molecule has 0 atom stereocenters. The molecule has 0 spiro atoms. The van der Waals surface area contributed by atoms with Gasteiger partial charge in [-0.15, -0.1) is 5.10 Å². The fraction of sp³-hybridized carbons (Fsp3) is 0.500. The van der Waals surface area contributed by atoms with Crippen LogP contribution < -0.4 is 27.2 Å². The number of likely N-dealkylation sites (tertiary alicyclic amines) is 1. The first-order chi connectivity index (χ1) is 12.7. The van der Waals surface area contributed by atoms with E-state index in [-0.39, 0.29) is 36.2 Å². The number of hydrazone groups is 1. The number of nitrogens with zero attached hydrogens (tertiary/aromatic N) is 2. The van der Waals surface area contributed by atoms with Crippen molar-refractivity contribution in [2.45, 2.75) is 45.1 Å². The predicted octanol–water partition coefficient (Wildman–Crippen LogP) is 0.163. The Labute approximate surface area is 159 Å². The summed E-state index contributed by atoms with van der Waals surface area (Å²) in [5.41, 5.74) is 8.47. The van der Waals surface area contributed by atoms with Crippen molar-refractivity contribution in [1.82, 2.24) is 15.8 Å². The van der Waals surface area contributed by atoms with Crippen LogP contribution in [0.3, 0.4) is 0 Å². The van der Waals surface area contributed by atoms with Crippen molar-refractivity contribution in [3.8, 4) is 5.75 Å². The fourth-order valence-corrected chi connectivity index (χ4v) is 2.77. The zero-order valence-electron chi connectivity index (χ0n) is 16.0. The number of guanidine groups is 1. The van der Waals surface area contributed by atoms with E-state index in [1.165, 1.54) is 0 Å². The molecule has 1 aromatic carbocycles. The number of rotatable bonds is 6. The smallest absolute Gasteiger partial charge is 0.227 e. The van der Waals surface area contributed by atoms with Gasteiger partial charge >= 0.3 is 0 Å². The monoisotopic (exact) mass is 376 g/mol. The molecule has 0 radical (unpaired) electrons. The van der Waals surface area contributed by atoms with Gasteiger partial charge in [0.15, 0.2) is 0 Å². The molecule has 1 aliphatic rings. The number of para-hydroxylation sites is 1.